The van der Waals surface area contributed by atoms with E-state index in [9.17, 15) is 14.4 Å². The lowest BCUT2D eigenvalue weighted by Gasteiger charge is -2.26. The van der Waals surface area contributed by atoms with Gasteiger partial charge in [-0.25, -0.2) is 9.69 Å². The van der Waals surface area contributed by atoms with Gasteiger partial charge in [0.25, 0.3) is 11.8 Å². The summed E-state index contributed by atoms with van der Waals surface area (Å²) in [5.41, 5.74) is 4.18. The molecule has 1 aliphatic heterocycles. The number of rotatable bonds is 8. The first-order valence-electron chi connectivity index (χ1n) is 11.8. The van der Waals surface area contributed by atoms with Gasteiger partial charge in [-0.2, -0.15) is 0 Å². The first-order valence-corrected chi connectivity index (χ1v) is 11.8. The predicted molar refractivity (Wildman–Crippen MR) is 138 cm³/mol. The van der Waals surface area contributed by atoms with Crippen molar-refractivity contribution in [2.45, 2.75) is 27.2 Å². The van der Waals surface area contributed by atoms with Gasteiger partial charge in [-0.05, 0) is 85.0 Å². The van der Waals surface area contributed by atoms with Gasteiger partial charge < -0.3 is 9.47 Å². The Kier molecular flexibility index (Phi) is 7.49. The normalized spacial score (nSPS) is 14.7. The van der Waals surface area contributed by atoms with E-state index in [0.717, 1.165) is 28.2 Å². The van der Waals surface area contributed by atoms with Gasteiger partial charge in [-0.3, -0.25) is 14.9 Å². The minimum absolute atomic E-state index is 0.122. The zero-order chi connectivity index (χ0) is 25.7. The molecule has 1 saturated heterocycles. The van der Waals surface area contributed by atoms with Gasteiger partial charge in [0.15, 0.2) is 0 Å². The SMILES string of the molecule is CCc1cc(C)cc(OCCOc2ccc(/C=C3/C(=O)NC(=O)N(c4cccc(C)c4)C3=O)cc2)c1. The van der Waals surface area contributed by atoms with Gasteiger partial charge in [0.1, 0.15) is 30.3 Å². The molecule has 4 amide bonds. The Balaban J connectivity index is 1.39. The first-order chi connectivity index (χ1) is 17.3. The van der Waals surface area contributed by atoms with E-state index >= 15 is 0 Å². The Hall–Kier alpha value is -4.39. The lowest BCUT2D eigenvalue weighted by atomic mass is 10.1. The molecular weight excluding hydrogens is 456 g/mol. The molecule has 0 saturated carbocycles. The molecule has 7 heteroatoms. The highest BCUT2D eigenvalue weighted by Gasteiger charge is 2.36. The first kappa shape index (κ1) is 24.7. The van der Waals surface area contributed by atoms with Crippen molar-refractivity contribution in [3.63, 3.8) is 0 Å². The molecule has 0 unspecified atom stereocenters. The maximum Gasteiger partial charge on any atom is 0.335 e. The summed E-state index contributed by atoms with van der Waals surface area (Å²) in [6.45, 7) is 6.78. The molecule has 0 bridgehead atoms. The van der Waals surface area contributed by atoms with Crippen molar-refractivity contribution in [3.05, 3.63) is 94.6 Å². The number of hydrogen-bond donors (Lipinski definition) is 1. The smallest absolute Gasteiger partial charge is 0.335 e. The van der Waals surface area contributed by atoms with Crippen LogP contribution in [-0.4, -0.2) is 31.1 Å². The molecular formula is C29H28N2O5. The van der Waals surface area contributed by atoms with Crippen LogP contribution >= 0.6 is 0 Å². The summed E-state index contributed by atoms with van der Waals surface area (Å²) >= 11 is 0. The summed E-state index contributed by atoms with van der Waals surface area (Å²) in [4.78, 5) is 38.7. The minimum Gasteiger partial charge on any atom is -0.490 e. The summed E-state index contributed by atoms with van der Waals surface area (Å²) in [7, 11) is 0. The van der Waals surface area contributed by atoms with Gasteiger partial charge in [0, 0.05) is 0 Å². The number of urea groups is 1. The third-order valence-corrected chi connectivity index (χ3v) is 5.69. The highest BCUT2D eigenvalue weighted by Crippen LogP contribution is 2.23. The highest BCUT2D eigenvalue weighted by molar-refractivity contribution is 6.39. The van der Waals surface area contributed by atoms with Crippen molar-refractivity contribution < 1.29 is 23.9 Å². The molecule has 1 fully saturated rings. The van der Waals surface area contributed by atoms with E-state index in [1.54, 1.807) is 42.5 Å². The Bertz CT molecular complexity index is 1330. The van der Waals surface area contributed by atoms with Crippen LogP contribution in [0, 0.1) is 13.8 Å². The quantitative estimate of drug-likeness (QED) is 0.277. The maximum absolute atomic E-state index is 13.0. The number of hydrogen-bond acceptors (Lipinski definition) is 5. The number of anilines is 1. The fourth-order valence-electron chi connectivity index (χ4n) is 3.92. The van der Waals surface area contributed by atoms with Gasteiger partial charge in [-0.15, -0.1) is 0 Å². The second kappa shape index (κ2) is 10.9. The molecule has 4 rings (SSSR count). The number of benzene rings is 3. The van der Waals surface area contributed by atoms with Crippen molar-refractivity contribution in [2.75, 3.05) is 18.1 Å². The number of nitrogens with zero attached hydrogens (tertiary/aromatic N) is 1. The molecule has 1 aliphatic rings. The lowest BCUT2D eigenvalue weighted by molar-refractivity contribution is -0.122. The predicted octanol–water partition coefficient (Wildman–Crippen LogP) is 4.99. The molecule has 36 heavy (non-hydrogen) atoms. The van der Waals surface area contributed by atoms with Crippen molar-refractivity contribution in [1.29, 1.82) is 0 Å². The molecule has 0 atom stereocenters. The van der Waals surface area contributed by atoms with Crippen LogP contribution in [0.2, 0.25) is 0 Å². The summed E-state index contributed by atoms with van der Waals surface area (Å²) in [6.07, 6.45) is 2.41. The van der Waals surface area contributed by atoms with Gasteiger partial charge >= 0.3 is 6.03 Å². The minimum atomic E-state index is -0.768. The van der Waals surface area contributed by atoms with Crippen molar-refractivity contribution in [3.8, 4) is 11.5 Å². The third kappa shape index (κ3) is 5.81. The largest absolute Gasteiger partial charge is 0.490 e. The Labute approximate surface area is 210 Å². The second-order valence-corrected chi connectivity index (χ2v) is 8.57. The van der Waals surface area contributed by atoms with E-state index in [1.165, 1.54) is 11.6 Å². The molecule has 184 valence electrons. The van der Waals surface area contributed by atoms with E-state index in [4.69, 9.17) is 9.47 Å². The number of aryl methyl sites for hydroxylation is 3. The van der Waals surface area contributed by atoms with E-state index in [0.29, 0.717) is 30.2 Å². The summed E-state index contributed by atoms with van der Waals surface area (Å²) in [6, 6.07) is 19.4. The summed E-state index contributed by atoms with van der Waals surface area (Å²) < 4.78 is 11.6. The van der Waals surface area contributed by atoms with Crippen LogP contribution in [0.4, 0.5) is 10.5 Å². The molecule has 0 radical (unpaired) electrons. The van der Waals surface area contributed by atoms with Gasteiger partial charge in [-0.1, -0.05) is 37.3 Å². The van der Waals surface area contributed by atoms with E-state index in [1.807, 2.05) is 32.0 Å². The number of carbonyl (C=O) groups is 3. The van der Waals surface area contributed by atoms with Crippen LogP contribution in [0.1, 0.15) is 29.2 Å². The van der Waals surface area contributed by atoms with E-state index in [-0.39, 0.29) is 5.57 Å². The third-order valence-electron chi connectivity index (χ3n) is 5.69. The molecule has 0 aromatic heterocycles. The fraction of sp³-hybridized carbons (Fsp3) is 0.207. The van der Waals surface area contributed by atoms with Crippen LogP contribution in [-0.2, 0) is 16.0 Å². The molecule has 7 nitrogen and oxygen atoms in total. The molecule has 0 aliphatic carbocycles. The van der Waals surface area contributed by atoms with Gasteiger partial charge in [0.05, 0.1) is 5.69 Å². The molecule has 1 heterocycles. The van der Waals surface area contributed by atoms with Crippen molar-refractivity contribution in [1.82, 2.24) is 5.32 Å². The number of nitrogens with one attached hydrogen (secondary N) is 1. The van der Waals surface area contributed by atoms with Crippen LogP contribution in [0.5, 0.6) is 11.5 Å². The van der Waals surface area contributed by atoms with E-state index < -0.39 is 17.8 Å². The van der Waals surface area contributed by atoms with Crippen molar-refractivity contribution in [2.24, 2.45) is 0 Å². The van der Waals surface area contributed by atoms with Crippen molar-refractivity contribution >= 4 is 29.6 Å². The zero-order valence-electron chi connectivity index (χ0n) is 20.5. The number of ether oxygens (including phenoxy) is 2. The molecule has 3 aromatic carbocycles. The highest BCUT2D eigenvalue weighted by atomic mass is 16.5. The molecule has 0 spiro atoms. The topological polar surface area (TPSA) is 84.9 Å². The molecule has 1 N–H and O–H groups in total. The Morgan fingerprint density at radius 2 is 1.56 bits per heavy atom. The summed E-state index contributed by atoms with van der Waals surface area (Å²) in [5.74, 6) is 0.0595. The number of amides is 4. The maximum atomic E-state index is 13.0. The lowest BCUT2D eigenvalue weighted by Crippen LogP contribution is -2.54. The Morgan fingerprint density at radius 1 is 0.833 bits per heavy atom. The van der Waals surface area contributed by atoms with Gasteiger partial charge in [0.2, 0.25) is 0 Å². The van der Waals surface area contributed by atoms with Crippen LogP contribution in [0.3, 0.4) is 0 Å². The zero-order valence-corrected chi connectivity index (χ0v) is 20.5. The number of imide groups is 2. The fourth-order valence-corrected chi connectivity index (χ4v) is 3.92. The number of carbonyl (C=O) groups excluding carboxylic acids is 3. The average Bonchev–Trinajstić information content (AvgIpc) is 2.85. The van der Waals surface area contributed by atoms with Crippen LogP contribution in [0.25, 0.3) is 6.08 Å². The van der Waals surface area contributed by atoms with Crippen LogP contribution < -0.4 is 19.7 Å². The summed E-state index contributed by atoms with van der Waals surface area (Å²) in [5, 5.41) is 2.24. The Morgan fingerprint density at radius 3 is 2.25 bits per heavy atom. The number of barbiturate groups is 1. The second-order valence-electron chi connectivity index (χ2n) is 8.57. The monoisotopic (exact) mass is 484 g/mol. The van der Waals surface area contributed by atoms with E-state index in [2.05, 4.69) is 18.3 Å². The standard InChI is InChI=1S/C29H28N2O5/c1-4-21-14-20(3)16-25(17-21)36-13-12-35-24-10-8-22(9-11-24)18-26-27(32)30-29(34)31(28(26)33)23-7-5-6-19(2)15-23/h5-11,14-18H,4,12-13H2,1-3H3,(H,30,32,34)/b26-18-. The molecule has 3 aromatic rings. The van der Waals surface area contributed by atoms with Crippen LogP contribution in [0.15, 0.2) is 72.3 Å². The average molecular weight is 485 g/mol.